The van der Waals surface area contributed by atoms with E-state index in [1.54, 1.807) is 6.92 Å². The molecule has 0 aliphatic carbocycles. The van der Waals surface area contributed by atoms with Gasteiger partial charge < -0.3 is 5.32 Å². The Morgan fingerprint density at radius 3 is 2.38 bits per heavy atom. The van der Waals surface area contributed by atoms with E-state index < -0.39 is 23.1 Å². The first-order chi connectivity index (χ1) is 9.81. The average molecular weight is 294 g/mol. The molecule has 0 fully saturated rings. The largest absolute Gasteiger partial charge is 0.417 e. The van der Waals surface area contributed by atoms with Crippen LogP contribution in [0.2, 0.25) is 0 Å². The third-order valence-electron chi connectivity index (χ3n) is 2.91. The average Bonchev–Trinajstić information content (AvgIpc) is 2.41. The Labute approximate surface area is 118 Å². The van der Waals surface area contributed by atoms with Crippen LogP contribution >= 0.6 is 0 Å². The summed E-state index contributed by atoms with van der Waals surface area (Å²) in [4.78, 5) is 0. The summed E-state index contributed by atoms with van der Waals surface area (Å²) in [5, 5.41) is 11.5. The quantitative estimate of drug-likeness (QED) is 0.810. The molecular weight excluding hydrogens is 284 g/mol. The molecule has 0 amide bonds. The van der Waals surface area contributed by atoms with Crippen LogP contribution in [0.5, 0.6) is 0 Å². The van der Waals surface area contributed by atoms with Crippen molar-refractivity contribution in [1.82, 2.24) is 0 Å². The predicted molar refractivity (Wildman–Crippen MR) is 70.6 cm³/mol. The van der Waals surface area contributed by atoms with Crippen molar-refractivity contribution >= 4 is 11.4 Å². The lowest BCUT2D eigenvalue weighted by molar-refractivity contribution is -0.137. The van der Waals surface area contributed by atoms with Gasteiger partial charge in [0.2, 0.25) is 0 Å². The fourth-order valence-corrected chi connectivity index (χ4v) is 1.88. The summed E-state index contributed by atoms with van der Waals surface area (Å²) in [6.07, 6.45) is -4.61. The molecule has 0 unspecified atom stereocenters. The molecule has 0 radical (unpaired) electrons. The van der Waals surface area contributed by atoms with Crippen LogP contribution in [0.15, 0.2) is 36.4 Å². The Kier molecular flexibility index (Phi) is 3.85. The summed E-state index contributed by atoms with van der Waals surface area (Å²) < 4.78 is 51.6. The number of hydrogen-bond acceptors (Lipinski definition) is 2. The van der Waals surface area contributed by atoms with E-state index in [0.717, 1.165) is 12.1 Å². The van der Waals surface area contributed by atoms with E-state index in [1.807, 2.05) is 0 Å². The maximum absolute atomic E-state index is 13.0. The molecule has 2 nitrogen and oxygen atoms in total. The normalized spacial score (nSPS) is 11.0. The number of benzene rings is 2. The number of halogens is 4. The second-order valence-electron chi connectivity index (χ2n) is 4.45. The lowest BCUT2D eigenvalue weighted by Gasteiger charge is -2.13. The second-order valence-corrected chi connectivity index (χ2v) is 4.45. The summed E-state index contributed by atoms with van der Waals surface area (Å²) in [5.41, 5.74) is -0.211. The van der Waals surface area contributed by atoms with Gasteiger partial charge in [-0.3, -0.25) is 0 Å². The van der Waals surface area contributed by atoms with Crippen molar-refractivity contribution in [3.63, 3.8) is 0 Å². The molecule has 108 valence electrons. The van der Waals surface area contributed by atoms with Crippen molar-refractivity contribution in [2.45, 2.75) is 13.1 Å². The highest BCUT2D eigenvalue weighted by Crippen LogP contribution is 2.34. The van der Waals surface area contributed by atoms with E-state index in [2.05, 4.69) is 5.32 Å². The van der Waals surface area contributed by atoms with E-state index in [9.17, 15) is 17.6 Å². The molecular formula is C15H10F4N2. The van der Waals surface area contributed by atoms with Gasteiger partial charge in [0.1, 0.15) is 5.82 Å². The van der Waals surface area contributed by atoms with Gasteiger partial charge in [0, 0.05) is 11.4 Å². The molecule has 0 atom stereocenters. The molecule has 2 aromatic carbocycles. The van der Waals surface area contributed by atoms with Crippen molar-refractivity contribution in [2.24, 2.45) is 0 Å². The van der Waals surface area contributed by atoms with Gasteiger partial charge in [-0.05, 0) is 48.9 Å². The van der Waals surface area contributed by atoms with Crippen LogP contribution in [0, 0.1) is 24.1 Å². The van der Waals surface area contributed by atoms with Crippen LogP contribution in [0.3, 0.4) is 0 Å². The lowest BCUT2D eigenvalue weighted by Crippen LogP contribution is -2.08. The van der Waals surface area contributed by atoms with Gasteiger partial charge >= 0.3 is 6.18 Å². The first kappa shape index (κ1) is 14.9. The van der Waals surface area contributed by atoms with Gasteiger partial charge in [0.25, 0.3) is 0 Å². The highest BCUT2D eigenvalue weighted by atomic mass is 19.4. The summed E-state index contributed by atoms with van der Waals surface area (Å²) >= 11 is 0. The van der Waals surface area contributed by atoms with Crippen molar-refractivity contribution in [3.8, 4) is 6.07 Å². The van der Waals surface area contributed by atoms with Crippen LogP contribution in [0.4, 0.5) is 28.9 Å². The maximum Gasteiger partial charge on any atom is 0.417 e. The number of nitrogens with zero attached hydrogens (tertiary/aromatic N) is 1. The smallest absolute Gasteiger partial charge is 0.355 e. The zero-order valence-corrected chi connectivity index (χ0v) is 10.9. The molecule has 0 heterocycles. The monoisotopic (exact) mass is 294 g/mol. The first-order valence-corrected chi connectivity index (χ1v) is 5.96. The van der Waals surface area contributed by atoms with Crippen LogP contribution in [0.1, 0.15) is 16.7 Å². The van der Waals surface area contributed by atoms with Crippen LogP contribution in [0.25, 0.3) is 0 Å². The second kappa shape index (κ2) is 5.44. The minimum absolute atomic E-state index is 0.177. The fourth-order valence-electron chi connectivity index (χ4n) is 1.88. The summed E-state index contributed by atoms with van der Waals surface area (Å²) in [7, 11) is 0. The summed E-state index contributed by atoms with van der Waals surface area (Å²) in [6, 6.07) is 8.78. The van der Waals surface area contributed by atoms with Gasteiger partial charge in [-0.2, -0.15) is 18.4 Å². The van der Waals surface area contributed by atoms with Crippen molar-refractivity contribution < 1.29 is 17.6 Å². The van der Waals surface area contributed by atoms with Gasteiger partial charge in [-0.1, -0.05) is 0 Å². The van der Waals surface area contributed by atoms with E-state index >= 15 is 0 Å². The number of aryl methyl sites for hydroxylation is 1. The molecule has 2 aromatic rings. The topological polar surface area (TPSA) is 35.8 Å². The lowest BCUT2D eigenvalue weighted by atomic mass is 10.1. The Morgan fingerprint density at radius 2 is 1.81 bits per heavy atom. The van der Waals surface area contributed by atoms with Crippen molar-refractivity contribution in [2.75, 3.05) is 5.32 Å². The van der Waals surface area contributed by atoms with Gasteiger partial charge in [0.15, 0.2) is 0 Å². The fraction of sp³-hybridized carbons (Fsp3) is 0.133. The third-order valence-corrected chi connectivity index (χ3v) is 2.91. The van der Waals surface area contributed by atoms with Gasteiger partial charge in [0.05, 0.1) is 17.2 Å². The molecule has 0 aliphatic rings. The number of nitriles is 1. The minimum Gasteiger partial charge on any atom is -0.355 e. The predicted octanol–water partition coefficient (Wildman–Crippen LogP) is 4.77. The van der Waals surface area contributed by atoms with E-state index in [4.69, 9.17) is 5.26 Å². The Bertz CT molecular complexity index is 715. The Morgan fingerprint density at radius 1 is 1.10 bits per heavy atom. The Hall–Kier alpha value is -2.55. The zero-order chi connectivity index (χ0) is 15.6. The molecule has 0 saturated heterocycles. The number of anilines is 2. The standard InChI is InChI=1S/C15H10F4N2/c1-9-6-11(16)3-5-14(9)21-12-4-2-10(8-20)13(7-12)15(17,18)19/h2-7,21H,1H3. The van der Waals surface area contributed by atoms with Crippen molar-refractivity contribution in [3.05, 3.63) is 58.9 Å². The van der Waals surface area contributed by atoms with Gasteiger partial charge in [-0.25, -0.2) is 4.39 Å². The van der Waals surface area contributed by atoms with Gasteiger partial charge in [-0.15, -0.1) is 0 Å². The zero-order valence-electron chi connectivity index (χ0n) is 10.9. The molecule has 6 heteroatoms. The highest BCUT2D eigenvalue weighted by molar-refractivity contribution is 5.65. The number of alkyl halides is 3. The number of hydrogen-bond donors (Lipinski definition) is 1. The number of rotatable bonds is 2. The molecule has 1 N–H and O–H groups in total. The molecule has 0 saturated carbocycles. The molecule has 21 heavy (non-hydrogen) atoms. The molecule has 2 rings (SSSR count). The third kappa shape index (κ3) is 3.31. The molecule has 0 aromatic heterocycles. The van der Waals surface area contributed by atoms with E-state index in [0.29, 0.717) is 11.3 Å². The van der Waals surface area contributed by atoms with Crippen LogP contribution < -0.4 is 5.32 Å². The van der Waals surface area contributed by atoms with E-state index in [1.165, 1.54) is 30.3 Å². The first-order valence-electron chi connectivity index (χ1n) is 5.96. The Balaban J connectivity index is 2.40. The molecule has 0 spiro atoms. The molecule has 0 bridgehead atoms. The minimum atomic E-state index is -4.61. The number of nitrogens with one attached hydrogen (secondary N) is 1. The summed E-state index contributed by atoms with van der Waals surface area (Å²) in [6.45, 7) is 1.64. The summed E-state index contributed by atoms with van der Waals surface area (Å²) in [5.74, 6) is -0.422. The molecule has 0 aliphatic heterocycles. The van der Waals surface area contributed by atoms with Crippen molar-refractivity contribution in [1.29, 1.82) is 5.26 Å². The van der Waals surface area contributed by atoms with Crippen LogP contribution in [-0.2, 0) is 6.18 Å². The highest BCUT2D eigenvalue weighted by Gasteiger charge is 2.33. The maximum atomic E-state index is 13.0. The van der Waals surface area contributed by atoms with E-state index in [-0.39, 0.29) is 5.69 Å². The SMILES string of the molecule is Cc1cc(F)ccc1Nc1ccc(C#N)c(C(F)(F)F)c1. The van der Waals surface area contributed by atoms with Crippen LogP contribution in [-0.4, -0.2) is 0 Å².